The van der Waals surface area contributed by atoms with E-state index in [-0.39, 0.29) is 6.04 Å². The van der Waals surface area contributed by atoms with E-state index in [0.717, 1.165) is 28.0 Å². The van der Waals surface area contributed by atoms with Crippen molar-refractivity contribution in [1.29, 1.82) is 0 Å². The molecule has 0 N–H and O–H groups in total. The number of aliphatic imine (C=N–C) groups is 2. The van der Waals surface area contributed by atoms with E-state index in [2.05, 4.69) is 38.0 Å². The molecule has 0 saturated heterocycles. The van der Waals surface area contributed by atoms with Crippen molar-refractivity contribution in [2.75, 3.05) is 7.11 Å². The summed E-state index contributed by atoms with van der Waals surface area (Å²) in [6, 6.07) is 16.2. The summed E-state index contributed by atoms with van der Waals surface area (Å²) >= 11 is 3.45. The molecule has 3 rings (SSSR count). The van der Waals surface area contributed by atoms with Gasteiger partial charge in [0.2, 0.25) is 0 Å². The highest BCUT2D eigenvalue weighted by Crippen LogP contribution is 2.18. The van der Waals surface area contributed by atoms with Gasteiger partial charge in [-0.05, 0) is 36.2 Å². The summed E-state index contributed by atoms with van der Waals surface area (Å²) in [5.74, 6) is 1.60. The van der Waals surface area contributed by atoms with Crippen LogP contribution < -0.4 is 4.74 Å². The van der Waals surface area contributed by atoms with Crippen molar-refractivity contribution in [3.8, 4) is 5.75 Å². The largest absolute Gasteiger partial charge is 0.497 e. The number of ether oxygens (including phenoxy) is 1. The van der Waals surface area contributed by atoms with Gasteiger partial charge in [-0.3, -0.25) is 4.99 Å². The SMILES string of the molecule is COc1cccc(C2=NC(Cc3ccc(Br)cc3)C=N2)c1. The van der Waals surface area contributed by atoms with E-state index in [1.165, 1.54) is 5.56 Å². The van der Waals surface area contributed by atoms with E-state index in [1.807, 2.05) is 42.6 Å². The Kier molecular flexibility index (Phi) is 4.15. The summed E-state index contributed by atoms with van der Waals surface area (Å²) in [4.78, 5) is 9.12. The van der Waals surface area contributed by atoms with Gasteiger partial charge in [-0.1, -0.05) is 40.2 Å². The van der Waals surface area contributed by atoms with Crippen molar-refractivity contribution in [1.82, 2.24) is 0 Å². The molecule has 0 bridgehead atoms. The zero-order chi connectivity index (χ0) is 14.7. The molecule has 106 valence electrons. The minimum atomic E-state index is 0.104. The Balaban J connectivity index is 1.75. The number of rotatable bonds is 4. The van der Waals surface area contributed by atoms with Crippen LogP contribution in [0.1, 0.15) is 11.1 Å². The minimum Gasteiger partial charge on any atom is -0.497 e. The van der Waals surface area contributed by atoms with Gasteiger partial charge in [0.15, 0.2) is 5.84 Å². The summed E-state index contributed by atoms with van der Waals surface area (Å²) in [5, 5.41) is 0. The third-order valence-corrected chi connectivity index (χ3v) is 3.87. The van der Waals surface area contributed by atoms with Crippen LogP contribution in [0.25, 0.3) is 0 Å². The highest BCUT2D eigenvalue weighted by molar-refractivity contribution is 9.10. The maximum atomic E-state index is 5.24. The molecule has 0 saturated carbocycles. The summed E-state index contributed by atoms with van der Waals surface area (Å²) in [6.45, 7) is 0. The lowest BCUT2D eigenvalue weighted by Gasteiger charge is -2.05. The van der Waals surface area contributed by atoms with E-state index in [4.69, 9.17) is 4.74 Å². The Morgan fingerprint density at radius 3 is 2.71 bits per heavy atom. The Morgan fingerprint density at radius 2 is 1.95 bits per heavy atom. The molecule has 4 heteroatoms. The minimum absolute atomic E-state index is 0.104. The van der Waals surface area contributed by atoms with Gasteiger partial charge >= 0.3 is 0 Å². The van der Waals surface area contributed by atoms with Crippen LogP contribution in [-0.2, 0) is 6.42 Å². The molecule has 0 radical (unpaired) electrons. The topological polar surface area (TPSA) is 34.0 Å². The molecule has 2 aromatic rings. The lowest BCUT2D eigenvalue weighted by atomic mass is 10.1. The molecule has 0 spiro atoms. The molecule has 0 amide bonds. The highest BCUT2D eigenvalue weighted by Gasteiger charge is 2.15. The average molecular weight is 343 g/mol. The predicted octanol–water partition coefficient (Wildman–Crippen LogP) is 3.90. The molecule has 0 fully saturated rings. The molecular formula is C17H15BrN2O. The number of halogens is 1. The number of nitrogens with zero attached hydrogens (tertiary/aromatic N) is 2. The Bertz CT molecular complexity index is 692. The van der Waals surface area contributed by atoms with Crippen LogP contribution >= 0.6 is 15.9 Å². The van der Waals surface area contributed by atoms with Crippen LogP contribution in [0, 0.1) is 0 Å². The zero-order valence-corrected chi connectivity index (χ0v) is 13.2. The van der Waals surface area contributed by atoms with Crippen molar-refractivity contribution in [2.45, 2.75) is 12.5 Å². The van der Waals surface area contributed by atoms with Gasteiger partial charge in [-0.15, -0.1) is 0 Å². The second-order valence-corrected chi connectivity index (χ2v) is 5.78. The molecule has 2 aromatic carbocycles. The first kappa shape index (κ1) is 14.0. The molecule has 1 heterocycles. The van der Waals surface area contributed by atoms with Crippen molar-refractivity contribution < 1.29 is 4.74 Å². The average Bonchev–Trinajstić information content (AvgIpc) is 2.98. The van der Waals surface area contributed by atoms with Crippen molar-refractivity contribution in [3.05, 3.63) is 64.1 Å². The second-order valence-electron chi connectivity index (χ2n) is 4.86. The van der Waals surface area contributed by atoms with Gasteiger partial charge in [0.05, 0.1) is 13.2 Å². The number of benzene rings is 2. The van der Waals surface area contributed by atoms with E-state index >= 15 is 0 Å². The van der Waals surface area contributed by atoms with Crippen LogP contribution in [-0.4, -0.2) is 25.2 Å². The summed E-state index contributed by atoms with van der Waals surface area (Å²) in [5.41, 5.74) is 2.24. The van der Waals surface area contributed by atoms with Crippen LogP contribution in [0.15, 0.2) is 63.0 Å². The van der Waals surface area contributed by atoms with Gasteiger partial charge in [-0.25, -0.2) is 4.99 Å². The molecular weight excluding hydrogens is 328 g/mol. The molecule has 0 aromatic heterocycles. The number of hydrogen-bond donors (Lipinski definition) is 0. The van der Waals surface area contributed by atoms with Crippen LogP contribution in [0.4, 0.5) is 0 Å². The zero-order valence-electron chi connectivity index (χ0n) is 11.7. The number of methoxy groups -OCH3 is 1. The maximum Gasteiger partial charge on any atom is 0.155 e. The fourth-order valence-corrected chi connectivity index (χ4v) is 2.52. The molecule has 0 aliphatic carbocycles. The molecule has 21 heavy (non-hydrogen) atoms. The lowest BCUT2D eigenvalue weighted by Crippen LogP contribution is -2.07. The van der Waals surface area contributed by atoms with Crippen molar-refractivity contribution in [2.24, 2.45) is 9.98 Å². The fourth-order valence-electron chi connectivity index (χ4n) is 2.25. The quantitative estimate of drug-likeness (QED) is 0.829. The third-order valence-electron chi connectivity index (χ3n) is 3.34. The Hall–Kier alpha value is -1.94. The molecule has 1 atom stereocenters. The number of amidine groups is 1. The van der Waals surface area contributed by atoms with Crippen LogP contribution in [0.5, 0.6) is 5.75 Å². The standard InChI is InChI=1S/C17H15BrN2O/c1-21-16-4-2-3-13(10-16)17-19-11-15(20-17)9-12-5-7-14(18)8-6-12/h2-8,10-11,15H,9H2,1H3. The van der Waals surface area contributed by atoms with Crippen LogP contribution in [0.3, 0.4) is 0 Å². The van der Waals surface area contributed by atoms with Gasteiger partial charge in [-0.2, -0.15) is 0 Å². The van der Waals surface area contributed by atoms with Gasteiger partial charge in [0.25, 0.3) is 0 Å². The summed E-state index contributed by atoms with van der Waals surface area (Å²) in [6.07, 6.45) is 2.78. The normalized spacial score (nSPS) is 16.9. The number of hydrogen-bond acceptors (Lipinski definition) is 3. The first-order valence-electron chi connectivity index (χ1n) is 6.75. The fraction of sp³-hybridized carbons (Fsp3) is 0.176. The highest BCUT2D eigenvalue weighted by atomic mass is 79.9. The Labute approximate surface area is 132 Å². The summed E-state index contributed by atoms with van der Waals surface area (Å²) < 4.78 is 6.33. The first-order chi connectivity index (χ1) is 10.2. The lowest BCUT2D eigenvalue weighted by molar-refractivity contribution is 0.414. The van der Waals surface area contributed by atoms with Crippen LogP contribution in [0.2, 0.25) is 0 Å². The van der Waals surface area contributed by atoms with Gasteiger partial charge < -0.3 is 4.74 Å². The predicted molar refractivity (Wildman–Crippen MR) is 89.7 cm³/mol. The molecule has 1 unspecified atom stereocenters. The monoisotopic (exact) mass is 342 g/mol. The van der Waals surface area contributed by atoms with E-state index in [9.17, 15) is 0 Å². The Morgan fingerprint density at radius 1 is 1.14 bits per heavy atom. The second kappa shape index (κ2) is 6.22. The third kappa shape index (κ3) is 3.39. The maximum absolute atomic E-state index is 5.24. The molecule has 1 aliphatic heterocycles. The van der Waals surface area contributed by atoms with Crippen molar-refractivity contribution in [3.63, 3.8) is 0 Å². The first-order valence-corrected chi connectivity index (χ1v) is 7.55. The summed E-state index contributed by atoms with van der Waals surface area (Å²) in [7, 11) is 1.66. The van der Waals surface area contributed by atoms with Crippen molar-refractivity contribution >= 4 is 28.0 Å². The molecule has 1 aliphatic rings. The van der Waals surface area contributed by atoms with E-state index in [0.29, 0.717) is 0 Å². The van der Waals surface area contributed by atoms with E-state index in [1.54, 1.807) is 7.11 Å². The smallest absolute Gasteiger partial charge is 0.155 e. The van der Waals surface area contributed by atoms with Gasteiger partial charge in [0.1, 0.15) is 5.75 Å². The molecule has 3 nitrogen and oxygen atoms in total. The van der Waals surface area contributed by atoms with Gasteiger partial charge in [0, 0.05) is 16.3 Å². The van der Waals surface area contributed by atoms with E-state index < -0.39 is 0 Å².